The van der Waals surface area contributed by atoms with Crippen LogP contribution in [0.1, 0.15) is 20.8 Å². The molecule has 0 aliphatic rings. The van der Waals surface area contributed by atoms with Gasteiger partial charge in [-0.15, -0.1) is 4.73 Å². The molecule has 118 valence electrons. The second kappa shape index (κ2) is 6.35. The van der Waals surface area contributed by atoms with Gasteiger partial charge in [-0.05, 0) is 20.8 Å². The van der Waals surface area contributed by atoms with Gasteiger partial charge in [0.15, 0.2) is 6.04 Å². The van der Waals surface area contributed by atoms with Gasteiger partial charge in [-0.2, -0.15) is 0 Å². The average Bonchev–Trinajstić information content (AvgIpc) is 2.65. The van der Waals surface area contributed by atoms with Gasteiger partial charge in [0.1, 0.15) is 5.60 Å². The molecule has 9 heteroatoms. The Morgan fingerprint density at radius 1 is 1.29 bits per heavy atom. The SMILES string of the molecule is CC(C)(C)OC(=O)N[C@@H](CO)C(=O)On1c(O)ccc1O. The lowest BCUT2D eigenvalue weighted by molar-refractivity contribution is -0.149. The molecule has 0 aliphatic heterocycles. The van der Waals surface area contributed by atoms with E-state index in [4.69, 9.17) is 9.84 Å². The molecule has 21 heavy (non-hydrogen) atoms. The van der Waals surface area contributed by atoms with Crippen molar-refractivity contribution >= 4 is 12.1 Å². The number of hydrogen-bond acceptors (Lipinski definition) is 7. The Balaban J connectivity index is 2.68. The lowest BCUT2D eigenvalue weighted by atomic mass is 10.2. The van der Waals surface area contributed by atoms with E-state index in [2.05, 4.69) is 10.2 Å². The minimum absolute atomic E-state index is 0.446. The molecule has 0 bridgehead atoms. The number of aliphatic hydroxyl groups is 1. The molecule has 1 aromatic heterocycles. The van der Waals surface area contributed by atoms with Crippen molar-refractivity contribution in [3.63, 3.8) is 0 Å². The van der Waals surface area contributed by atoms with Crippen molar-refractivity contribution in [2.45, 2.75) is 32.4 Å². The molecule has 0 spiro atoms. The van der Waals surface area contributed by atoms with E-state index in [0.29, 0.717) is 4.73 Å². The van der Waals surface area contributed by atoms with Crippen molar-refractivity contribution in [1.29, 1.82) is 0 Å². The maximum atomic E-state index is 11.8. The van der Waals surface area contributed by atoms with E-state index in [-0.39, 0.29) is 0 Å². The van der Waals surface area contributed by atoms with Crippen molar-refractivity contribution in [1.82, 2.24) is 10.0 Å². The third-order valence-electron chi connectivity index (χ3n) is 2.14. The molecule has 1 rings (SSSR count). The fourth-order valence-electron chi connectivity index (χ4n) is 1.28. The van der Waals surface area contributed by atoms with Crippen LogP contribution in [0.3, 0.4) is 0 Å². The first-order chi connectivity index (χ1) is 9.64. The topological polar surface area (TPSA) is 130 Å². The highest BCUT2D eigenvalue weighted by molar-refractivity contribution is 5.81. The number of aromatic nitrogens is 1. The Hall–Kier alpha value is -2.42. The zero-order chi connectivity index (χ0) is 16.2. The van der Waals surface area contributed by atoms with Crippen LogP contribution in [-0.4, -0.2) is 50.4 Å². The molecule has 0 aliphatic carbocycles. The highest BCUT2D eigenvalue weighted by atomic mass is 16.7. The van der Waals surface area contributed by atoms with E-state index < -0.39 is 42.1 Å². The minimum atomic E-state index is -1.42. The lowest BCUT2D eigenvalue weighted by Gasteiger charge is -2.22. The van der Waals surface area contributed by atoms with Gasteiger partial charge in [0, 0.05) is 12.1 Å². The first-order valence-electron chi connectivity index (χ1n) is 6.06. The van der Waals surface area contributed by atoms with Crippen molar-refractivity contribution in [3.8, 4) is 11.8 Å². The molecule has 0 unspecified atom stereocenters. The average molecular weight is 302 g/mol. The number of carbonyl (C=O) groups is 2. The van der Waals surface area contributed by atoms with Crippen LogP contribution >= 0.6 is 0 Å². The molecule has 1 aromatic rings. The van der Waals surface area contributed by atoms with Gasteiger partial charge in [-0.1, -0.05) is 0 Å². The number of nitrogens with one attached hydrogen (secondary N) is 1. The summed E-state index contributed by atoms with van der Waals surface area (Å²) in [6, 6.07) is 0.775. The molecule has 1 atom stereocenters. The summed E-state index contributed by atoms with van der Waals surface area (Å²) in [4.78, 5) is 27.9. The van der Waals surface area contributed by atoms with Gasteiger partial charge in [-0.3, -0.25) is 0 Å². The van der Waals surface area contributed by atoms with E-state index in [0.717, 1.165) is 12.1 Å². The lowest BCUT2D eigenvalue weighted by Crippen LogP contribution is -2.48. The zero-order valence-electron chi connectivity index (χ0n) is 11.9. The summed E-state index contributed by atoms with van der Waals surface area (Å²) in [7, 11) is 0. The van der Waals surface area contributed by atoms with Gasteiger partial charge >= 0.3 is 12.1 Å². The molecule has 4 N–H and O–H groups in total. The third kappa shape index (κ3) is 4.88. The summed E-state index contributed by atoms with van der Waals surface area (Å²) >= 11 is 0. The van der Waals surface area contributed by atoms with Crippen molar-refractivity contribution in [2.75, 3.05) is 6.61 Å². The first kappa shape index (κ1) is 16.6. The maximum Gasteiger partial charge on any atom is 0.408 e. The third-order valence-corrected chi connectivity index (χ3v) is 2.14. The smallest absolute Gasteiger partial charge is 0.408 e. The largest absolute Gasteiger partial charge is 0.492 e. The second-order valence-corrected chi connectivity index (χ2v) is 5.14. The number of aromatic hydroxyl groups is 2. The van der Waals surface area contributed by atoms with Crippen molar-refractivity contribution in [2.24, 2.45) is 0 Å². The molecule has 0 radical (unpaired) electrons. The number of nitrogens with zero attached hydrogens (tertiary/aromatic N) is 1. The predicted octanol–water partition coefficient (Wildman–Crippen LogP) is -0.260. The van der Waals surface area contributed by atoms with Crippen molar-refractivity contribution in [3.05, 3.63) is 12.1 Å². The standard InChI is InChI=1S/C12H18N2O7/c1-12(2,3)20-11(19)13-7(6-15)10(18)21-14-8(16)4-5-9(14)17/h4-5,7,15-17H,6H2,1-3H3,(H,13,19)/t7-/m0/s1. The number of carbonyl (C=O) groups excluding carboxylic acids is 2. The summed E-state index contributed by atoms with van der Waals surface area (Å²) in [5.41, 5.74) is -0.773. The predicted molar refractivity (Wildman–Crippen MR) is 69.6 cm³/mol. The van der Waals surface area contributed by atoms with E-state index in [9.17, 15) is 19.8 Å². The molecule has 1 heterocycles. The van der Waals surface area contributed by atoms with E-state index in [1.165, 1.54) is 0 Å². The summed E-state index contributed by atoms with van der Waals surface area (Å²) in [6.45, 7) is 4.15. The maximum absolute atomic E-state index is 11.8. The first-order valence-corrected chi connectivity index (χ1v) is 6.06. The van der Waals surface area contributed by atoms with E-state index >= 15 is 0 Å². The Labute approximate surface area is 120 Å². The Morgan fingerprint density at radius 2 is 1.81 bits per heavy atom. The van der Waals surface area contributed by atoms with Gasteiger partial charge < -0.3 is 30.2 Å². The zero-order valence-corrected chi connectivity index (χ0v) is 11.9. The molecule has 0 aromatic carbocycles. The van der Waals surface area contributed by atoms with Gasteiger partial charge in [0.25, 0.3) is 0 Å². The van der Waals surface area contributed by atoms with Crippen LogP contribution in [0, 0.1) is 0 Å². The van der Waals surface area contributed by atoms with Crippen LogP contribution in [-0.2, 0) is 9.53 Å². The summed E-state index contributed by atoms with van der Waals surface area (Å²) in [6.07, 6.45) is -0.917. The fourth-order valence-corrected chi connectivity index (χ4v) is 1.28. The van der Waals surface area contributed by atoms with Crippen LogP contribution in [0.4, 0.5) is 4.79 Å². The van der Waals surface area contributed by atoms with Gasteiger partial charge in [-0.25, -0.2) is 9.59 Å². The highest BCUT2D eigenvalue weighted by Gasteiger charge is 2.26. The number of rotatable bonds is 4. The number of alkyl carbamates (subject to hydrolysis) is 1. The summed E-state index contributed by atoms with van der Waals surface area (Å²) < 4.78 is 5.37. The molecule has 0 saturated heterocycles. The van der Waals surface area contributed by atoms with Crippen LogP contribution in [0.25, 0.3) is 0 Å². The normalized spacial score (nSPS) is 12.6. The van der Waals surface area contributed by atoms with Gasteiger partial charge in [0.05, 0.1) is 6.61 Å². The number of ether oxygens (including phenoxy) is 1. The number of hydrogen-bond donors (Lipinski definition) is 4. The number of amides is 1. The molecular formula is C12H18N2O7. The second-order valence-electron chi connectivity index (χ2n) is 5.14. The van der Waals surface area contributed by atoms with Gasteiger partial charge in [0.2, 0.25) is 11.8 Å². The Morgan fingerprint density at radius 3 is 2.24 bits per heavy atom. The Kier molecular flexibility index (Phi) is 5.03. The number of aliphatic hydroxyl groups excluding tert-OH is 1. The van der Waals surface area contributed by atoms with E-state index in [1.807, 2.05) is 0 Å². The molecule has 0 fully saturated rings. The molecule has 1 amide bonds. The van der Waals surface area contributed by atoms with Crippen molar-refractivity contribution < 1.29 is 34.5 Å². The molecule has 0 saturated carbocycles. The quantitative estimate of drug-likeness (QED) is 0.602. The Bertz CT molecular complexity index is 499. The monoisotopic (exact) mass is 302 g/mol. The summed E-state index contributed by atoms with van der Waals surface area (Å²) in [5.74, 6) is -2.13. The van der Waals surface area contributed by atoms with Crippen LogP contribution in [0.5, 0.6) is 11.8 Å². The van der Waals surface area contributed by atoms with Crippen LogP contribution in [0.15, 0.2) is 12.1 Å². The fraction of sp³-hybridized carbons (Fsp3) is 0.500. The van der Waals surface area contributed by atoms with E-state index in [1.54, 1.807) is 20.8 Å². The van der Waals surface area contributed by atoms with Crippen LogP contribution in [0.2, 0.25) is 0 Å². The van der Waals surface area contributed by atoms with Crippen LogP contribution < -0.4 is 10.2 Å². The summed E-state index contributed by atoms with van der Waals surface area (Å²) in [5, 5.41) is 29.9. The molecule has 9 nitrogen and oxygen atoms in total. The minimum Gasteiger partial charge on any atom is -0.492 e. The molecular weight excluding hydrogens is 284 g/mol. The highest BCUT2D eigenvalue weighted by Crippen LogP contribution is 2.18.